The molecule has 0 atom stereocenters. The maximum absolute atomic E-state index is 6.13. The summed E-state index contributed by atoms with van der Waals surface area (Å²) in [5, 5.41) is 13.1. The molecule has 3 aromatic heterocycles. The van der Waals surface area contributed by atoms with E-state index in [2.05, 4.69) is 26.8 Å². The average Bonchev–Trinajstić information content (AvgIpc) is 3.33. The van der Waals surface area contributed by atoms with Gasteiger partial charge in [0.2, 0.25) is 5.95 Å². The maximum atomic E-state index is 6.13. The first-order chi connectivity index (χ1) is 19.2. The van der Waals surface area contributed by atoms with Gasteiger partial charge in [0, 0.05) is 49.7 Å². The number of ether oxygens (including phenoxy) is 2. The van der Waals surface area contributed by atoms with Crippen LogP contribution in [0.15, 0.2) is 48.7 Å². The number of fused-ring (bicyclic) bond motifs is 1. The highest BCUT2D eigenvalue weighted by Crippen LogP contribution is 2.27. The van der Waals surface area contributed by atoms with Crippen molar-refractivity contribution in [1.29, 1.82) is 0 Å². The minimum Gasteiger partial charge on any atom is -0.379 e. The summed E-state index contributed by atoms with van der Waals surface area (Å²) in [5.41, 5.74) is 3.23. The fraction of sp³-hybridized carbons (Fsp3) is 0.407. The second kappa shape index (κ2) is 13.9. The van der Waals surface area contributed by atoms with Crippen molar-refractivity contribution in [2.45, 2.75) is 13.3 Å². The van der Waals surface area contributed by atoms with E-state index in [1.165, 1.54) is 0 Å². The van der Waals surface area contributed by atoms with E-state index in [1.807, 2.05) is 48.7 Å². The highest BCUT2D eigenvalue weighted by Gasteiger charge is 2.17. The molecule has 4 heterocycles. The summed E-state index contributed by atoms with van der Waals surface area (Å²) in [7, 11) is 0. The molecule has 1 saturated heterocycles. The quantitative estimate of drug-likeness (QED) is 0.228. The predicted molar refractivity (Wildman–Crippen MR) is 157 cm³/mol. The van der Waals surface area contributed by atoms with Gasteiger partial charge in [-0.2, -0.15) is 21.8 Å². The summed E-state index contributed by atoms with van der Waals surface area (Å²) in [4.78, 5) is 16.6. The number of anilines is 2. The van der Waals surface area contributed by atoms with Crippen LogP contribution in [0.25, 0.3) is 22.4 Å². The summed E-state index contributed by atoms with van der Waals surface area (Å²) >= 11 is 7.87. The lowest BCUT2D eigenvalue weighted by Gasteiger charge is -2.26. The van der Waals surface area contributed by atoms with Crippen molar-refractivity contribution < 1.29 is 9.47 Å². The highest BCUT2D eigenvalue weighted by atomic mass is 35.5. The van der Waals surface area contributed by atoms with E-state index in [1.54, 1.807) is 16.4 Å². The van der Waals surface area contributed by atoms with Gasteiger partial charge in [0.05, 0.1) is 30.9 Å². The van der Waals surface area contributed by atoms with E-state index in [0.29, 0.717) is 42.2 Å². The van der Waals surface area contributed by atoms with E-state index in [-0.39, 0.29) is 0 Å². The number of nitrogens with one attached hydrogen (secondary N) is 2. The summed E-state index contributed by atoms with van der Waals surface area (Å²) in [6.07, 6.45) is 3.87. The van der Waals surface area contributed by atoms with Crippen LogP contribution in [0, 0.1) is 0 Å². The fourth-order valence-electron chi connectivity index (χ4n) is 4.27. The zero-order valence-corrected chi connectivity index (χ0v) is 23.5. The number of hydrogen-bond donors (Lipinski definition) is 2. The molecule has 0 bridgehead atoms. The monoisotopic (exact) mass is 568 g/mol. The van der Waals surface area contributed by atoms with Crippen molar-refractivity contribution in [3.8, 4) is 11.4 Å². The second-order valence-electron chi connectivity index (χ2n) is 9.08. The summed E-state index contributed by atoms with van der Waals surface area (Å²) in [6.45, 7) is 6.67. The van der Waals surface area contributed by atoms with Gasteiger partial charge in [0.25, 0.3) is 0 Å². The Morgan fingerprint density at radius 3 is 2.82 bits per heavy atom. The van der Waals surface area contributed by atoms with E-state index < -0.39 is 0 Å². The second-order valence-corrected chi connectivity index (χ2v) is 10.5. The van der Waals surface area contributed by atoms with Crippen molar-refractivity contribution in [2.75, 3.05) is 68.6 Å². The van der Waals surface area contributed by atoms with Crippen LogP contribution in [0.4, 0.5) is 11.8 Å². The van der Waals surface area contributed by atoms with E-state index >= 15 is 0 Å². The fourth-order valence-corrected chi connectivity index (χ4v) is 4.77. The Bertz CT molecular complexity index is 1360. The highest BCUT2D eigenvalue weighted by molar-refractivity contribution is 7.98. The predicted octanol–water partition coefficient (Wildman–Crippen LogP) is 4.24. The average molecular weight is 569 g/mol. The molecular weight excluding hydrogens is 536 g/mol. The maximum Gasteiger partial charge on any atom is 0.224 e. The molecular formula is C27H33ClN8O2S. The Morgan fingerprint density at radius 1 is 1.10 bits per heavy atom. The minimum absolute atomic E-state index is 0.300. The largest absolute Gasteiger partial charge is 0.379 e. The van der Waals surface area contributed by atoms with Crippen LogP contribution < -0.4 is 10.6 Å². The van der Waals surface area contributed by atoms with E-state index in [0.717, 1.165) is 67.6 Å². The lowest BCUT2D eigenvalue weighted by atomic mass is 10.2. The Hall–Kier alpha value is -2.96. The minimum atomic E-state index is 0.300. The smallest absolute Gasteiger partial charge is 0.224 e. The van der Waals surface area contributed by atoms with Crippen molar-refractivity contribution in [1.82, 2.24) is 29.6 Å². The van der Waals surface area contributed by atoms with Gasteiger partial charge in [-0.15, -0.1) is 0 Å². The first-order valence-electron chi connectivity index (χ1n) is 13.0. The molecule has 5 rings (SSSR count). The van der Waals surface area contributed by atoms with Crippen molar-refractivity contribution >= 4 is 46.2 Å². The van der Waals surface area contributed by atoms with Crippen LogP contribution in [-0.2, 0) is 22.7 Å². The molecule has 1 aliphatic heterocycles. The van der Waals surface area contributed by atoms with Crippen LogP contribution in [0.3, 0.4) is 0 Å². The number of hydrogen-bond acceptors (Lipinski definition) is 10. The van der Waals surface area contributed by atoms with Gasteiger partial charge in [0.15, 0.2) is 5.65 Å². The zero-order chi connectivity index (χ0) is 26.9. The third-order valence-electron chi connectivity index (χ3n) is 6.30. The normalized spacial score (nSPS) is 14.1. The molecule has 2 N–H and O–H groups in total. The molecule has 1 aromatic carbocycles. The van der Waals surface area contributed by atoms with E-state index in [4.69, 9.17) is 36.1 Å². The SMILES string of the molecule is CSCCOCn1nc(-c2cccc(NCc3cccc(Cl)c3)n2)c2cnc(NCCN3CCOCC3)nc21. The number of nitrogens with zero attached hydrogens (tertiary/aromatic N) is 6. The van der Waals surface area contributed by atoms with Gasteiger partial charge in [0.1, 0.15) is 18.2 Å². The molecule has 0 saturated carbocycles. The molecule has 12 heteroatoms. The molecule has 1 fully saturated rings. The van der Waals surface area contributed by atoms with Crippen molar-refractivity contribution in [2.24, 2.45) is 0 Å². The molecule has 0 radical (unpaired) electrons. The van der Waals surface area contributed by atoms with Crippen LogP contribution in [0.2, 0.25) is 5.02 Å². The first-order valence-corrected chi connectivity index (χ1v) is 14.8. The number of halogens is 1. The molecule has 4 aromatic rings. The number of rotatable bonds is 13. The molecule has 0 aliphatic carbocycles. The van der Waals surface area contributed by atoms with Gasteiger partial charge in [-0.1, -0.05) is 29.8 Å². The zero-order valence-electron chi connectivity index (χ0n) is 22.0. The number of aromatic nitrogens is 5. The first kappa shape index (κ1) is 27.6. The Labute approximate surface area is 237 Å². The topological polar surface area (TPSA) is 102 Å². The molecule has 0 spiro atoms. The van der Waals surface area contributed by atoms with Gasteiger partial charge in [-0.3, -0.25) is 4.90 Å². The van der Waals surface area contributed by atoms with Crippen LogP contribution >= 0.6 is 23.4 Å². The molecule has 39 heavy (non-hydrogen) atoms. The molecule has 0 amide bonds. The van der Waals surface area contributed by atoms with Crippen molar-refractivity contribution in [3.05, 3.63) is 59.2 Å². The standard InChI is InChI=1S/C27H33ClN8O2S/c1-39-15-14-38-19-36-26-22(18-31-27(33-26)29-8-9-35-10-12-37-13-11-35)25(34-36)23-6-3-7-24(32-23)30-17-20-4-2-5-21(28)16-20/h2-7,16,18H,8-15,17,19H2,1H3,(H,30,32)(H,29,31,33). The van der Waals surface area contributed by atoms with Crippen LogP contribution in [-0.4, -0.2) is 87.6 Å². The summed E-state index contributed by atoms with van der Waals surface area (Å²) in [6, 6.07) is 13.6. The molecule has 10 nitrogen and oxygen atoms in total. The van der Waals surface area contributed by atoms with E-state index in [9.17, 15) is 0 Å². The molecule has 0 unspecified atom stereocenters. The van der Waals surface area contributed by atoms with Gasteiger partial charge in [-0.25, -0.2) is 14.6 Å². The Morgan fingerprint density at radius 2 is 1.97 bits per heavy atom. The lowest BCUT2D eigenvalue weighted by Crippen LogP contribution is -2.39. The summed E-state index contributed by atoms with van der Waals surface area (Å²) < 4.78 is 13.1. The van der Waals surface area contributed by atoms with Gasteiger partial charge >= 0.3 is 0 Å². The number of morpholine rings is 1. The third-order valence-corrected chi connectivity index (χ3v) is 7.11. The lowest BCUT2D eigenvalue weighted by molar-refractivity contribution is 0.0398. The van der Waals surface area contributed by atoms with Gasteiger partial charge < -0.3 is 20.1 Å². The summed E-state index contributed by atoms with van der Waals surface area (Å²) in [5.74, 6) is 2.23. The van der Waals surface area contributed by atoms with Gasteiger partial charge in [-0.05, 0) is 36.1 Å². The molecule has 206 valence electrons. The molecule has 1 aliphatic rings. The van der Waals surface area contributed by atoms with Crippen LogP contribution in [0.5, 0.6) is 0 Å². The number of thioether (sulfide) groups is 1. The number of benzene rings is 1. The van der Waals surface area contributed by atoms with Crippen LogP contribution in [0.1, 0.15) is 5.56 Å². The number of pyridine rings is 1. The van der Waals surface area contributed by atoms with Crippen molar-refractivity contribution in [3.63, 3.8) is 0 Å². The Kier molecular flexibility index (Phi) is 9.84. The Balaban J connectivity index is 1.34. The third kappa shape index (κ3) is 7.58.